The number of amides is 2. The van der Waals surface area contributed by atoms with Gasteiger partial charge in [0.1, 0.15) is 0 Å². The Morgan fingerprint density at radius 3 is 2.50 bits per heavy atom. The third-order valence-electron chi connectivity index (χ3n) is 4.46. The maximum absolute atomic E-state index is 12.2. The summed E-state index contributed by atoms with van der Waals surface area (Å²) in [5, 5.41) is 14.3. The van der Waals surface area contributed by atoms with E-state index in [2.05, 4.69) is 10.6 Å². The van der Waals surface area contributed by atoms with Gasteiger partial charge in [-0.25, -0.2) is 4.79 Å². The number of ether oxygens (including phenoxy) is 2. The van der Waals surface area contributed by atoms with Crippen LogP contribution in [0.3, 0.4) is 0 Å². The Bertz CT molecular complexity index is 940. The smallest absolute Gasteiger partial charge is 0.330 e. The molecule has 28 heavy (non-hydrogen) atoms. The van der Waals surface area contributed by atoms with Gasteiger partial charge in [-0.2, -0.15) is 0 Å². The number of carbonyl (C=O) groups is 3. The molecule has 2 aromatic rings. The van der Waals surface area contributed by atoms with E-state index in [1.54, 1.807) is 30.3 Å². The highest BCUT2D eigenvalue weighted by molar-refractivity contribution is 5.97. The lowest BCUT2D eigenvalue weighted by molar-refractivity contribution is -0.141. The Labute approximate surface area is 161 Å². The Morgan fingerprint density at radius 1 is 1.04 bits per heavy atom. The quantitative estimate of drug-likeness (QED) is 0.699. The predicted octanol–water partition coefficient (Wildman–Crippen LogP) is 1.70. The maximum Gasteiger partial charge on any atom is 0.330 e. The van der Waals surface area contributed by atoms with Gasteiger partial charge in [-0.3, -0.25) is 9.59 Å². The zero-order valence-corrected chi connectivity index (χ0v) is 15.4. The van der Waals surface area contributed by atoms with Crippen molar-refractivity contribution in [2.45, 2.75) is 19.9 Å². The van der Waals surface area contributed by atoms with E-state index in [9.17, 15) is 19.5 Å². The van der Waals surface area contributed by atoms with Gasteiger partial charge in [0.15, 0.2) is 17.5 Å². The number of carboxylic acids is 1. The van der Waals surface area contributed by atoms with Crippen LogP contribution in [0.2, 0.25) is 0 Å². The summed E-state index contributed by atoms with van der Waals surface area (Å²) in [6.07, 6.45) is 0. The molecule has 0 spiro atoms. The average Bonchev–Trinajstić information content (AvgIpc) is 3.14. The molecule has 1 aliphatic rings. The van der Waals surface area contributed by atoms with Crippen molar-refractivity contribution in [3.8, 4) is 11.5 Å². The second kappa shape index (κ2) is 7.99. The third-order valence-corrected chi connectivity index (χ3v) is 4.46. The van der Waals surface area contributed by atoms with Crippen molar-refractivity contribution < 1.29 is 29.0 Å². The van der Waals surface area contributed by atoms with Gasteiger partial charge in [-0.05, 0) is 48.7 Å². The molecule has 0 bridgehead atoms. The summed E-state index contributed by atoms with van der Waals surface area (Å²) in [6.45, 7) is 3.52. The second-order valence-electron chi connectivity index (χ2n) is 6.43. The average molecular weight is 384 g/mol. The van der Waals surface area contributed by atoms with Gasteiger partial charge in [0, 0.05) is 5.56 Å². The number of benzene rings is 2. The van der Waals surface area contributed by atoms with Crippen molar-refractivity contribution in [2.24, 2.45) is 0 Å². The molecule has 1 atom stereocenters. The molecule has 0 aliphatic carbocycles. The van der Waals surface area contributed by atoms with E-state index < -0.39 is 23.8 Å². The van der Waals surface area contributed by atoms with Gasteiger partial charge in [0.2, 0.25) is 12.7 Å². The Balaban J connectivity index is 1.61. The number of rotatable bonds is 6. The molecule has 3 N–H and O–H groups in total. The molecule has 8 heteroatoms. The molecule has 3 rings (SSSR count). The zero-order chi connectivity index (χ0) is 20.3. The number of aryl methyl sites for hydroxylation is 2. The number of fused-ring (bicyclic) bond motifs is 1. The van der Waals surface area contributed by atoms with Crippen molar-refractivity contribution in [1.82, 2.24) is 10.6 Å². The van der Waals surface area contributed by atoms with Gasteiger partial charge in [-0.1, -0.05) is 18.2 Å². The van der Waals surface area contributed by atoms with E-state index in [0.29, 0.717) is 22.6 Å². The van der Waals surface area contributed by atoms with Crippen LogP contribution in [0, 0.1) is 13.8 Å². The summed E-state index contributed by atoms with van der Waals surface area (Å²) < 4.78 is 10.4. The summed E-state index contributed by atoms with van der Waals surface area (Å²) in [6, 6.07) is 8.66. The van der Waals surface area contributed by atoms with Gasteiger partial charge >= 0.3 is 5.97 Å². The van der Waals surface area contributed by atoms with E-state index in [4.69, 9.17) is 9.47 Å². The second-order valence-corrected chi connectivity index (χ2v) is 6.43. The first kappa shape index (κ1) is 19.2. The van der Waals surface area contributed by atoms with E-state index in [1.165, 1.54) is 6.07 Å². The fraction of sp³-hybridized carbons (Fsp3) is 0.250. The lowest BCUT2D eigenvalue weighted by atomic mass is 10.0. The summed E-state index contributed by atoms with van der Waals surface area (Å²) >= 11 is 0. The largest absolute Gasteiger partial charge is 0.479 e. The van der Waals surface area contributed by atoms with Crippen LogP contribution in [0.25, 0.3) is 0 Å². The van der Waals surface area contributed by atoms with Gasteiger partial charge in [0.05, 0.1) is 6.54 Å². The molecule has 2 aromatic carbocycles. The first-order valence-corrected chi connectivity index (χ1v) is 8.62. The monoisotopic (exact) mass is 384 g/mol. The maximum atomic E-state index is 12.2. The molecule has 0 saturated heterocycles. The molecular weight excluding hydrogens is 364 g/mol. The van der Waals surface area contributed by atoms with Crippen LogP contribution in [0.1, 0.15) is 33.1 Å². The lowest BCUT2D eigenvalue weighted by Crippen LogP contribution is -2.41. The fourth-order valence-corrected chi connectivity index (χ4v) is 2.74. The fourth-order valence-electron chi connectivity index (χ4n) is 2.74. The number of carboxylic acid groups (broad SMARTS) is 1. The van der Waals surface area contributed by atoms with E-state index >= 15 is 0 Å². The van der Waals surface area contributed by atoms with Gasteiger partial charge < -0.3 is 25.2 Å². The molecule has 0 fully saturated rings. The highest BCUT2D eigenvalue weighted by Gasteiger charge is 2.23. The van der Waals surface area contributed by atoms with Crippen molar-refractivity contribution in [3.63, 3.8) is 0 Å². The zero-order valence-electron chi connectivity index (χ0n) is 15.4. The normalized spacial score (nSPS) is 12.9. The Hall–Kier alpha value is -3.55. The van der Waals surface area contributed by atoms with Crippen LogP contribution in [-0.4, -0.2) is 36.2 Å². The standard InChI is InChI=1S/C20H20N2O6/c1-11-3-4-13(7-12(11)2)18(20(25)26)22-17(23)9-21-19(24)14-5-6-15-16(8-14)28-10-27-15/h3-8,18H,9-10H2,1-2H3,(H,21,24)(H,22,23)(H,25,26). The number of carbonyl (C=O) groups excluding carboxylic acids is 2. The molecular formula is C20H20N2O6. The van der Waals surface area contributed by atoms with Crippen LogP contribution in [-0.2, 0) is 9.59 Å². The lowest BCUT2D eigenvalue weighted by Gasteiger charge is -2.16. The summed E-state index contributed by atoms with van der Waals surface area (Å²) in [4.78, 5) is 36.0. The van der Waals surface area contributed by atoms with Crippen LogP contribution in [0.5, 0.6) is 11.5 Å². The number of aliphatic carboxylic acids is 1. The van der Waals surface area contributed by atoms with Crippen LogP contribution < -0.4 is 20.1 Å². The molecule has 146 valence electrons. The first-order chi connectivity index (χ1) is 13.3. The molecule has 2 amide bonds. The van der Waals surface area contributed by atoms with Crippen LogP contribution in [0.15, 0.2) is 36.4 Å². The first-order valence-electron chi connectivity index (χ1n) is 8.62. The predicted molar refractivity (Wildman–Crippen MR) is 99.3 cm³/mol. The van der Waals surface area contributed by atoms with Crippen LogP contribution in [0.4, 0.5) is 0 Å². The van der Waals surface area contributed by atoms with E-state index in [1.807, 2.05) is 13.8 Å². The molecule has 0 aromatic heterocycles. The topological polar surface area (TPSA) is 114 Å². The Morgan fingerprint density at radius 2 is 1.79 bits per heavy atom. The molecule has 1 aliphatic heterocycles. The SMILES string of the molecule is Cc1ccc(C(NC(=O)CNC(=O)c2ccc3c(c2)OCO3)C(=O)O)cc1C. The molecule has 8 nitrogen and oxygen atoms in total. The highest BCUT2D eigenvalue weighted by atomic mass is 16.7. The van der Waals surface area contributed by atoms with Crippen molar-refractivity contribution >= 4 is 17.8 Å². The number of hydrogen-bond acceptors (Lipinski definition) is 5. The Kier molecular flexibility index (Phi) is 5.49. The molecule has 0 radical (unpaired) electrons. The number of hydrogen-bond donors (Lipinski definition) is 3. The molecule has 1 unspecified atom stereocenters. The van der Waals surface area contributed by atoms with E-state index in [0.717, 1.165) is 11.1 Å². The van der Waals surface area contributed by atoms with E-state index in [-0.39, 0.29) is 13.3 Å². The third kappa shape index (κ3) is 4.22. The number of nitrogens with one attached hydrogen (secondary N) is 2. The van der Waals surface area contributed by atoms with Gasteiger partial charge in [-0.15, -0.1) is 0 Å². The summed E-state index contributed by atoms with van der Waals surface area (Å²) in [5.41, 5.74) is 2.72. The van der Waals surface area contributed by atoms with Crippen molar-refractivity contribution in [3.05, 3.63) is 58.7 Å². The minimum Gasteiger partial charge on any atom is -0.479 e. The minimum atomic E-state index is -1.20. The van der Waals surface area contributed by atoms with Crippen molar-refractivity contribution in [1.29, 1.82) is 0 Å². The molecule has 1 heterocycles. The minimum absolute atomic E-state index is 0.0951. The summed E-state index contributed by atoms with van der Waals surface area (Å²) in [7, 11) is 0. The van der Waals surface area contributed by atoms with Crippen molar-refractivity contribution in [2.75, 3.05) is 13.3 Å². The van der Waals surface area contributed by atoms with Crippen LogP contribution >= 0.6 is 0 Å². The highest BCUT2D eigenvalue weighted by Crippen LogP contribution is 2.32. The summed E-state index contributed by atoms with van der Waals surface area (Å²) in [5.74, 6) is -1.27. The van der Waals surface area contributed by atoms with Gasteiger partial charge in [0.25, 0.3) is 5.91 Å². The molecule has 0 saturated carbocycles.